The molecule has 1 amide bonds. The summed E-state index contributed by atoms with van der Waals surface area (Å²) in [5.41, 5.74) is 0.412. The first-order valence-electron chi connectivity index (χ1n) is 9.12. The Kier molecular flexibility index (Phi) is 5.67. The van der Waals surface area contributed by atoms with E-state index in [0.29, 0.717) is 5.65 Å². The van der Waals surface area contributed by atoms with Crippen LogP contribution in [0, 0.1) is 0 Å². The zero-order valence-electron chi connectivity index (χ0n) is 16.5. The maximum Gasteiger partial charge on any atom is 0.332 e. The van der Waals surface area contributed by atoms with Crippen molar-refractivity contribution in [3.63, 3.8) is 0 Å². The van der Waals surface area contributed by atoms with Gasteiger partial charge in [0.1, 0.15) is 17.9 Å². The molecule has 0 saturated carbocycles. The molecule has 3 rings (SSSR count). The van der Waals surface area contributed by atoms with Crippen LogP contribution in [0.2, 0.25) is 0 Å². The van der Waals surface area contributed by atoms with Gasteiger partial charge in [0, 0.05) is 20.6 Å². The monoisotopic (exact) mass is 398 g/mol. The van der Waals surface area contributed by atoms with Gasteiger partial charge < -0.3 is 14.6 Å². The van der Waals surface area contributed by atoms with Crippen LogP contribution in [0.4, 0.5) is 0 Å². The highest BCUT2D eigenvalue weighted by molar-refractivity contribution is 5.99. The number of carbonyl (C=O) groups excluding carboxylic acids is 2. The lowest BCUT2D eigenvalue weighted by Gasteiger charge is -2.13. The lowest BCUT2D eigenvalue weighted by molar-refractivity contribution is -0.141. The average molecular weight is 398 g/mol. The van der Waals surface area contributed by atoms with Crippen LogP contribution >= 0.6 is 0 Å². The van der Waals surface area contributed by atoms with Crippen molar-refractivity contribution < 1.29 is 14.3 Å². The molecular formula is C20H22N4O5. The van der Waals surface area contributed by atoms with Gasteiger partial charge in [0.15, 0.2) is 0 Å². The summed E-state index contributed by atoms with van der Waals surface area (Å²) in [4.78, 5) is 49.4. The van der Waals surface area contributed by atoms with E-state index >= 15 is 0 Å². The first-order valence-corrected chi connectivity index (χ1v) is 9.12. The van der Waals surface area contributed by atoms with Crippen molar-refractivity contribution in [2.24, 2.45) is 14.1 Å². The van der Waals surface area contributed by atoms with Gasteiger partial charge in [-0.1, -0.05) is 30.3 Å². The van der Waals surface area contributed by atoms with Gasteiger partial charge in [-0.15, -0.1) is 0 Å². The molecule has 9 heteroatoms. The summed E-state index contributed by atoms with van der Waals surface area (Å²) in [6.07, 6.45) is 0. The number of rotatable bonds is 6. The molecule has 1 aromatic carbocycles. The summed E-state index contributed by atoms with van der Waals surface area (Å²) in [6, 6.07) is 10.8. The molecule has 0 aliphatic heterocycles. The largest absolute Gasteiger partial charge is 0.465 e. The van der Waals surface area contributed by atoms with Gasteiger partial charge >= 0.3 is 11.7 Å². The quantitative estimate of drug-likeness (QED) is 0.605. The Bertz CT molecular complexity index is 1190. The molecule has 0 spiro atoms. The fraction of sp³-hybridized carbons (Fsp3) is 0.300. The number of nitrogens with zero attached hydrogens (tertiary/aromatic N) is 3. The summed E-state index contributed by atoms with van der Waals surface area (Å²) in [7, 11) is 2.94. The van der Waals surface area contributed by atoms with Crippen LogP contribution in [-0.2, 0) is 30.2 Å². The molecule has 0 saturated heterocycles. The minimum atomic E-state index is -0.560. The highest BCUT2D eigenvalue weighted by atomic mass is 16.5. The smallest absolute Gasteiger partial charge is 0.332 e. The molecule has 0 unspecified atom stereocenters. The van der Waals surface area contributed by atoms with Crippen LogP contribution in [-0.4, -0.2) is 38.7 Å². The number of aryl methyl sites for hydroxylation is 1. The molecule has 9 nitrogen and oxygen atoms in total. The fourth-order valence-corrected chi connectivity index (χ4v) is 3.21. The molecule has 0 aliphatic carbocycles. The van der Waals surface area contributed by atoms with E-state index in [2.05, 4.69) is 5.32 Å². The van der Waals surface area contributed by atoms with E-state index in [0.717, 1.165) is 10.1 Å². The van der Waals surface area contributed by atoms with Gasteiger partial charge in [-0.3, -0.25) is 23.5 Å². The third-order valence-corrected chi connectivity index (χ3v) is 4.61. The summed E-state index contributed by atoms with van der Waals surface area (Å²) in [5, 5.41) is 2.75. The van der Waals surface area contributed by atoms with E-state index < -0.39 is 23.1 Å². The number of carbonyl (C=O) groups is 2. The van der Waals surface area contributed by atoms with Crippen molar-refractivity contribution in [3.8, 4) is 0 Å². The maximum atomic E-state index is 12.8. The van der Waals surface area contributed by atoms with E-state index in [9.17, 15) is 19.2 Å². The summed E-state index contributed by atoms with van der Waals surface area (Å²) >= 11 is 0. The lowest BCUT2D eigenvalue weighted by atomic mass is 10.2. The van der Waals surface area contributed by atoms with E-state index in [-0.39, 0.29) is 30.8 Å². The van der Waals surface area contributed by atoms with Gasteiger partial charge in [-0.2, -0.15) is 0 Å². The van der Waals surface area contributed by atoms with Crippen LogP contribution in [0.25, 0.3) is 11.0 Å². The minimum Gasteiger partial charge on any atom is -0.465 e. The van der Waals surface area contributed by atoms with Gasteiger partial charge in [0.2, 0.25) is 0 Å². The molecule has 2 aromatic heterocycles. The molecule has 0 radical (unpaired) electrons. The molecule has 3 aromatic rings. The standard InChI is InChI=1S/C20H22N4O5/c1-4-29-16(25)11-21-17(26)15-10-14-18(22(2)20(28)23(3)19(14)27)24(15)12-13-8-6-5-7-9-13/h5-10H,4,11-12H2,1-3H3,(H,21,26). The van der Waals surface area contributed by atoms with Crippen molar-refractivity contribution in [2.75, 3.05) is 13.2 Å². The summed E-state index contributed by atoms with van der Waals surface area (Å²) in [5.74, 6) is -1.10. The number of benzene rings is 1. The average Bonchev–Trinajstić information content (AvgIpc) is 3.09. The molecular weight excluding hydrogens is 376 g/mol. The highest BCUT2D eigenvalue weighted by Gasteiger charge is 2.22. The second-order valence-electron chi connectivity index (χ2n) is 6.53. The Morgan fingerprint density at radius 2 is 1.76 bits per heavy atom. The number of nitrogens with one attached hydrogen (secondary N) is 1. The fourth-order valence-electron chi connectivity index (χ4n) is 3.21. The van der Waals surface area contributed by atoms with Gasteiger partial charge in [0.25, 0.3) is 11.5 Å². The lowest BCUT2D eigenvalue weighted by Crippen LogP contribution is -2.37. The van der Waals surface area contributed by atoms with Crippen LogP contribution in [0.3, 0.4) is 0 Å². The number of aromatic nitrogens is 3. The molecule has 2 heterocycles. The zero-order chi connectivity index (χ0) is 21.1. The van der Waals surface area contributed by atoms with E-state index in [1.54, 1.807) is 18.5 Å². The Morgan fingerprint density at radius 3 is 2.41 bits per heavy atom. The predicted octanol–water partition coefficient (Wildman–Crippen LogP) is 0.380. The first kappa shape index (κ1) is 20.1. The second kappa shape index (κ2) is 8.17. The van der Waals surface area contributed by atoms with Crippen molar-refractivity contribution in [1.82, 2.24) is 19.0 Å². The Hall–Kier alpha value is -3.62. The van der Waals surface area contributed by atoms with Crippen LogP contribution in [0.1, 0.15) is 23.0 Å². The van der Waals surface area contributed by atoms with Gasteiger partial charge in [-0.05, 0) is 18.6 Å². The minimum absolute atomic E-state index is 0.173. The third-order valence-electron chi connectivity index (χ3n) is 4.61. The zero-order valence-corrected chi connectivity index (χ0v) is 16.5. The molecule has 1 N–H and O–H groups in total. The van der Waals surface area contributed by atoms with Gasteiger partial charge in [0.05, 0.1) is 12.0 Å². The van der Waals surface area contributed by atoms with Crippen LogP contribution < -0.4 is 16.6 Å². The maximum absolute atomic E-state index is 12.8. The summed E-state index contributed by atoms with van der Waals surface area (Å²) in [6.45, 7) is 1.86. The molecule has 29 heavy (non-hydrogen) atoms. The normalized spacial score (nSPS) is 10.9. The molecule has 0 bridgehead atoms. The molecule has 0 atom stereocenters. The third kappa shape index (κ3) is 3.84. The van der Waals surface area contributed by atoms with Crippen molar-refractivity contribution in [1.29, 1.82) is 0 Å². The summed E-state index contributed by atoms with van der Waals surface area (Å²) < 4.78 is 8.76. The highest BCUT2D eigenvalue weighted by Crippen LogP contribution is 2.18. The van der Waals surface area contributed by atoms with E-state index in [1.165, 1.54) is 17.7 Å². The SMILES string of the molecule is CCOC(=O)CNC(=O)c1cc2c(=O)n(C)c(=O)n(C)c2n1Cc1ccccc1. The first-order chi connectivity index (χ1) is 13.8. The Balaban J connectivity index is 2.14. The Morgan fingerprint density at radius 1 is 1.07 bits per heavy atom. The topological polar surface area (TPSA) is 104 Å². The number of esters is 1. The number of ether oxygens (including phenoxy) is 1. The second-order valence-corrected chi connectivity index (χ2v) is 6.53. The van der Waals surface area contributed by atoms with Crippen LogP contribution in [0.15, 0.2) is 46.0 Å². The number of hydrogen-bond acceptors (Lipinski definition) is 5. The van der Waals surface area contributed by atoms with Crippen LogP contribution in [0.5, 0.6) is 0 Å². The van der Waals surface area contributed by atoms with Crippen molar-refractivity contribution in [2.45, 2.75) is 13.5 Å². The van der Waals surface area contributed by atoms with E-state index in [1.807, 2.05) is 30.3 Å². The Labute approximate surface area is 166 Å². The molecule has 152 valence electrons. The van der Waals surface area contributed by atoms with Crippen molar-refractivity contribution >= 4 is 22.9 Å². The van der Waals surface area contributed by atoms with Gasteiger partial charge in [-0.25, -0.2) is 4.79 Å². The number of amides is 1. The number of hydrogen-bond donors (Lipinski definition) is 1. The molecule has 0 fully saturated rings. The molecule has 0 aliphatic rings. The predicted molar refractivity (Wildman–Crippen MR) is 107 cm³/mol. The number of fused-ring (bicyclic) bond motifs is 1. The van der Waals surface area contributed by atoms with Crippen molar-refractivity contribution in [3.05, 3.63) is 68.5 Å². The van der Waals surface area contributed by atoms with E-state index in [4.69, 9.17) is 4.74 Å².